The zero-order valence-electron chi connectivity index (χ0n) is 7.98. The lowest BCUT2D eigenvalue weighted by molar-refractivity contribution is -0.121. The predicted octanol–water partition coefficient (Wildman–Crippen LogP) is 1.93. The summed E-state index contributed by atoms with van der Waals surface area (Å²) in [7, 11) is 0. The van der Waals surface area contributed by atoms with E-state index in [4.69, 9.17) is 5.73 Å². The Hall–Kier alpha value is -0.530. The van der Waals surface area contributed by atoms with E-state index in [1.165, 1.54) is 0 Å². The van der Waals surface area contributed by atoms with Crippen LogP contribution >= 0.6 is 0 Å². The van der Waals surface area contributed by atoms with Gasteiger partial charge in [0.15, 0.2) is 0 Å². The molecule has 0 aliphatic rings. The summed E-state index contributed by atoms with van der Waals surface area (Å²) >= 11 is 0. The van der Waals surface area contributed by atoms with E-state index in [1.54, 1.807) is 0 Å². The third-order valence-electron chi connectivity index (χ3n) is 1.81. The standard InChI is InChI=1S/C9H19NO/c1-7(8(10)11)5-6-9(2,3)4/h7H,5-6H2,1-4H3,(H2,10,11). The van der Waals surface area contributed by atoms with Crippen molar-refractivity contribution < 1.29 is 4.79 Å². The van der Waals surface area contributed by atoms with Crippen molar-refractivity contribution in [1.82, 2.24) is 0 Å². The topological polar surface area (TPSA) is 43.1 Å². The van der Waals surface area contributed by atoms with Crippen molar-refractivity contribution >= 4 is 5.91 Å². The van der Waals surface area contributed by atoms with Crippen molar-refractivity contribution in [2.24, 2.45) is 17.1 Å². The van der Waals surface area contributed by atoms with Crippen LogP contribution in [0.15, 0.2) is 0 Å². The molecule has 0 rings (SSSR count). The van der Waals surface area contributed by atoms with Crippen molar-refractivity contribution in [2.45, 2.75) is 40.5 Å². The van der Waals surface area contributed by atoms with Crippen LogP contribution in [0.4, 0.5) is 0 Å². The Bertz CT molecular complexity index is 135. The fourth-order valence-electron chi connectivity index (χ4n) is 0.792. The molecule has 2 heteroatoms. The zero-order valence-corrected chi connectivity index (χ0v) is 7.98. The molecule has 1 amide bonds. The van der Waals surface area contributed by atoms with Crippen LogP contribution < -0.4 is 5.73 Å². The van der Waals surface area contributed by atoms with E-state index in [1.807, 2.05) is 6.92 Å². The van der Waals surface area contributed by atoms with Gasteiger partial charge >= 0.3 is 0 Å². The number of amides is 1. The SMILES string of the molecule is CC(CCC(C)(C)C)C(N)=O. The molecule has 0 heterocycles. The summed E-state index contributed by atoms with van der Waals surface area (Å²) in [5.41, 5.74) is 5.44. The van der Waals surface area contributed by atoms with Crippen LogP contribution in [0.25, 0.3) is 0 Å². The van der Waals surface area contributed by atoms with E-state index >= 15 is 0 Å². The fraction of sp³-hybridized carbons (Fsp3) is 0.889. The molecule has 0 radical (unpaired) electrons. The summed E-state index contributed by atoms with van der Waals surface area (Å²) in [4.78, 5) is 10.6. The molecule has 11 heavy (non-hydrogen) atoms. The minimum Gasteiger partial charge on any atom is -0.369 e. The Balaban J connectivity index is 3.63. The second-order valence-corrected chi connectivity index (χ2v) is 4.40. The maximum atomic E-state index is 10.6. The Kier molecular flexibility index (Phi) is 3.56. The highest BCUT2D eigenvalue weighted by molar-refractivity contribution is 5.76. The molecule has 0 aliphatic heterocycles. The Morgan fingerprint density at radius 1 is 1.45 bits per heavy atom. The Morgan fingerprint density at radius 3 is 2.18 bits per heavy atom. The van der Waals surface area contributed by atoms with Gasteiger partial charge in [-0.15, -0.1) is 0 Å². The van der Waals surface area contributed by atoms with Crippen molar-refractivity contribution in [3.05, 3.63) is 0 Å². The molecule has 2 N–H and O–H groups in total. The minimum absolute atomic E-state index is 0.0224. The number of nitrogens with two attached hydrogens (primary N) is 1. The van der Waals surface area contributed by atoms with Gasteiger partial charge < -0.3 is 5.73 Å². The van der Waals surface area contributed by atoms with E-state index in [0.717, 1.165) is 12.8 Å². The number of rotatable bonds is 3. The smallest absolute Gasteiger partial charge is 0.220 e. The van der Waals surface area contributed by atoms with Gasteiger partial charge in [-0.3, -0.25) is 4.79 Å². The molecule has 0 aromatic carbocycles. The highest BCUT2D eigenvalue weighted by Crippen LogP contribution is 2.23. The van der Waals surface area contributed by atoms with Crippen molar-refractivity contribution in [3.8, 4) is 0 Å². The molecule has 0 bridgehead atoms. The molecule has 0 aromatic heterocycles. The van der Waals surface area contributed by atoms with Gasteiger partial charge in [0, 0.05) is 5.92 Å². The maximum absolute atomic E-state index is 10.6. The number of carbonyl (C=O) groups excluding carboxylic acids is 1. The van der Waals surface area contributed by atoms with Gasteiger partial charge in [0.1, 0.15) is 0 Å². The van der Waals surface area contributed by atoms with Gasteiger partial charge in [-0.2, -0.15) is 0 Å². The first-order valence-electron chi connectivity index (χ1n) is 4.12. The zero-order chi connectivity index (χ0) is 9.07. The van der Waals surface area contributed by atoms with E-state index in [9.17, 15) is 4.79 Å². The molecule has 0 fully saturated rings. The maximum Gasteiger partial charge on any atom is 0.220 e. The number of hydrogen-bond acceptors (Lipinski definition) is 1. The molecule has 0 aliphatic carbocycles. The van der Waals surface area contributed by atoms with Crippen LogP contribution in [0.3, 0.4) is 0 Å². The third-order valence-corrected chi connectivity index (χ3v) is 1.81. The third kappa shape index (κ3) is 5.89. The lowest BCUT2D eigenvalue weighted by Gasteiger charge is -2.19. The first kappa shape index (κ1) is 10.5. The van der Waals surface area contributed by atoms with Gasteiger partial charge in [-0.05, 0) is 18.3 Å². The largest absolute Gasteiger partial charge is 0.369 e. The first-order valence-corrected chi connectivity index (χ1v) is 4.12. The van der Waals surface area contributed by atoms with Gasteiger partial charge in [0.05, 0.1) is 0 Å². The number of carbonyl (C=O) groups is 1. The van der Waals surface area contributed by atoms with Crippen LogP contribution in [0.5, 0.6) is 0 Å². The minimum atomic E-state index is -0.186. The molecule has 1 atom stereocenters. The van der Waals surface area contributed by atoms with Crippen LogP contribution in [-0.2, 0) is 4.79 Å². The monoisotopic (exact) mass is 157 g/mol. The summed E-state index contributed by atoms with van der Waals surface area (Å²) < 4.78 is 0. The van der Waals surface area contributed by atoms with Crippen molar-refractivity contribution in [3.63, 3.8) is 0 Å². The van der Waals surface area contributed by atoms with E-state index < -0.39 is 0 Å². The molecule has 0 spiro atoms. The quantitative estimate of drug-likeness (QED) is 0.668. The average Bonchev–Trinajstić information content (AvgIpc) is 1.80. The highest BCUT2D eigenvalue weighted by atomic mass is 16.1. The molecule has 66 valence electrons. The summed E-state index contributed by atoms with van der Waals surface area (Å²) in [5.74, 6) is -0.163. The van der Waals surface area contributed by atoms with E-state index in [0.29, 0.717) is 5.41 Å². The molecule has 0 aromatic rings. The van der Waals surface area contributed by atoms with Crippen LogP contribution in [0.1, 0.15) is 40.5 Å². The molecular weight excluding hydrogens is 138 g/mol. The Morgan fingerprint density at radius 2 is 1.91 bits per heavy atom. The van der Waals surface area contributed by atoms with Gasteiger partial charge in [-0.25, -0.2) is 0 Å². The molecule has 1 unspecified atom stereocenters. The summed E-state index contributed by atoms with van der Waals surface area (Å²) in [6.45, 7) is 8.39. The van der Waals surface area contributed by atoms with Crippen LogP contribution in [0, 0.1) is 11.3 Å². The van der Waals surface area contributed by atoms with Gasteiger partial charge in [0.25, 0.3) is 0 Å². The van der Waals surface area contributed by atoms with E-state index in [-0.39, 0.29) is 11.8 Å². The van der Waals surface area contributed by atoms with Crippen molar-refractivity contribution in [2.75, 3.05) is 0 Å². The molecule has 0 saturated carbocycles. The van der Waals surface area contributed by atoms with Gasteiger partial charge in [0.2, 0.25) is 5.91 Å². The van der Waals surface area contributed by atoms with E-state index in [2.05, 4.69) is 20.8 Å². The second-order valence-electron chi connectivity index (χ2n) is 4.40. The van der Waals surface area contributed by atoms with Crippen LogP contribution in [0.2, 0.25) is 0 Å². The summed E-state index contributed by atoms with van der Waals surface area (Å²) in [5, 5.41) is 0. The predicted molar refractivity (Wildman–Crippen MR) is 47.0 cm³/mol. The lowest BCUT2D eigenvalue weighted by atomic mass is 9.87. The van der Waals surface area contributed by atoms with Crippen LogP contribution in [-0.4, -0.2) is 5.91 Å². The normalized spacial score (nSPS) is 14.5. The molecule has 0 saturated heterocycles. The molecule has 2 nitrogen and oxygen atoms in total. The highest BCUT2D eigenvalue weighted by Gasteiger charge is 2.14. The fourth-order valence-corrected chi connectivity index (χ4v) is 0.792. The second kappa shape index (κ2) is 3.74. The number of hydrogen-bond donors (Lipinski definition) is 1. The average molecular weight is 157 g/mol. The number of primary amides is 1. The lowest BCUT2D eigenvalue weighted by Crippen LogP contribution is -2.21. The van der Waals surface area contributed by atoms with Gasteiger partial charge in [-0.1, -0.05) is 27.7 Å². The first-order chi connectivity index (χ1) is 4.83. The summed E-state index contributed by atoms with van der Waals surface area (Å²) in [6, 6.07) is 0. The van der Waals surface area contributed by atoms with Crippen molar-refractivity contribution in [1.29, 1.82) is 0 Å². The molecular formula is C9H19NO. The Labute approximate surface area is 69.2 Å². The summed E-state index contributed by atoms with van der Waals surface area (Å²) in [6.07, 6.45) is 1.95.